The number of likely N-dealkylation sites (tertiary alicyclic amines) is 1. The van der Waals surface area contributed by atoms with Crippen LogP contribution in [0.25, 0.3) is 0 Å². The molecule has 90 valence electrons. The Kier molecular flexibility index (Phi) is 4.52. The van der Waals surface area contributed by atoms with Crippen molar-refractivity contribution in [1.29, 1.82) is 0 Å². The number of halogens is 1. The van der Waals surface area contributed by atoms with E-state index in [-0.39, 0.29) is 0 Å². The van der Waals surface area contributed by atoms with Crippen molar-refractivity contribution in [3.8, 4) is 0 Å². The SMILES string of the molecule is COCC1CCN(Cc2nnc(Cl)s2)CC1. The van der Waals surface area contributed by atoms with Gasteiger partial charge >= 0.3 is 0 Å². The molecule has 2 rings (SSSR count). The van der Waals surface area contributed by atoms with E-state index in [9.17, 15) is 0 Å². The molecule has 1 fully saturated rings. The van der Waals surface area contributed by atoms with Crippen LogP contribution in [0.4, 0.5) is 0 Å². The van der Waals surface area contributed by atoms with E-state index in [4.69, 9.17) is 16.3 Å². The fourth-order valence-electron chi connectivity index (χ4n) is 2.04. The van der Waals surface area contributed by atoms with Crippen LogP contribution in [0.5, 0.6) is 0 Å². The topological polar surface area (TPSA) is 38.2 Å². The van der Waals surface area contributed by atoms with Crippen LogP contribution in [0.15, 0.2) is 0 Å². The van der Waals surface area contributed by atoms with Crippen LogP contribution in [-0.4, -0.2) is 41.9 Å². The van der Waals surface area contributed by atoms with Gasteiger partial charge in [0.05, 0.1) is 6.54 Å². The molecule has 0 N–H and O–H groups in total. The Balaban J connectivity index is 1.77. The van der Waals surface area contributed by atoms with Gasteiger partial charge in [-0.15, -0.1) is 10.2 Å². The van der Waals surface area contributed by atoms with Gasteiger partial charge in [-0.3, -0.25) is 4.90 Å². The quantitative estimate of drug-likeness (QED) is 0.832. The van der Waals surface area contributed by atoms with Gasteiger partial charge < -0.3 is 4.74 Å². The first-order valence-corrected chi connectivity index (χ1v) is 6.66. The van der Waals surface area contributed by atoms with Gasteiger partial charge in [0.15, 0.2) is 0 Å². The summed E-state index contributed by atoms with van der Waals surface area (Å²) in [7, 11) is 1.77. The second-order valence-electron chi connectivity index (χ2n) is 4.12. The van der Waals surface area contributed by atoms with E-state index < -0.39 is 0 Å². The lowest BCUT2D eigenvalue weighted by Crippen LogP contribution is -2.34. The molecule has 0 radical (unpaired) electrons. The molecule has 4 nitrogen and oxygen atoms in total. The van der Waals surface area contributed by atoms with Crippen LogP contribution in [0.3, 0.4) is 0 Å². The molecule has 0 aromatic carbocycles. The predicted molar refractivity (Wildman–Crippen MR) is 64.8 cm³/mol. The monoisotopic (exact) mass is 261 g/mol. The first-order valence-electron chi connectivity index (χ1n) is 5.47. The number of hydrogen-bond acceptors (Lipinski definition) is 5. The highest BCUT2D eigenvalue weighted by Gasteiger charge is 2.19. The summed E-state index contributed by atoms with van der Waals surface area (Å²) in [6.07, 6.45) is 2.42. The molecule has 0 amide bonds. The Morgan fingerprint density at radius 1 is 1.44 bits per heavy atom. The Labute approximate surface area is 105 Å². The van der Waals surface area contributed by atoms with Crippen LogP contribution < -0.4 is 0 Å². The average molecular weight is 262 g/mol. The van der Waals surface area contributed by atoms with Gasteiger partial charge in [-0.1, -0.05) is 11.3 Å². The van der Waals surface area contributed by atoms with E-state index in [2.05, 4.69) is 15.1 Å². The van der Waals surface area contributed by atoms with Crippen molar-refractivity contribution in [1.82, 2.24) is 15.1 Å². The summed E-state index contributed by atoms with van der Waals surface area (Å²) in [6, 6.07) is 0. The molecule has 1 aliphatic heterocycles. The van der Waals surface area contributed by atoms with Crippen molar-refractivity contribution in [3.05, 3.63) is 9.47 Å². The minimum Gasteiger partial charge on any atom is -0.384 e. The second-order valence-corrected chi connectivity index (χ2v) is 5.77. The Morgan fingerprint density at radius 2 is 2.19 bits per heavy atom. The zero-order chi connectivity index (χ0) is 11.4. The van der Waals surface area contributed by atoms with Gasteiger partial charge in [-0.25, -0.2) is 0 Å². The number of methoxy groups -OCH3 is 1. The third-order valence-corrected chi connectivity index (χ3v) is 3.91. The molecule has 0 aliphatic carbocycles. The molecule has 0 saturated carbocycles. The van der Waals surface area contributed by atoms with Gasteiger partial charge in [-0.05, 0) is 43.5 Å². The summed E-state index contributed by atoms with van der Waals surface area (Å²) < 4.78 is 5.71. The van der Waals surface area contributed by atoms with Crippen LogP contribution in [0.1, 0.15) is 17.8 Å². The first kappa shape index (κ1) is 12.2. The highest BCUT2D eigenvalue weighted by atomic mass is 35.5. The number of aromatic nitrogens is 2. The zero-order valence-corrected chi connectivity index (χ0v) is 10.9. The molecule has 2 heterocycles. The van der Waals surface area contributed by atoms with Crippen LogP contribution in [0, 0.1) is 5.92 Å². The van der Waals surface area contributed by atoms with Crippen molar-refractivity contribution in [2.45, 2.75) is 19.4 Å². The molecule has 16 heavy (non-hydrogen) atoms. The number of nitrogens with zero attached hydrogens (tertiary/aromatic N) is 3. The van der Waals surface area contributed by atoms with Gasteiger partial charge in [0.1, 0.15) is 5.01 Å². The summed E-state index contributed by atoms with van der Waals surface area (Å²) >= 11 is 7.22. The summed E-state index contributed by atoms with van der Waals surface area (Å²) in [4.78, 5) is 2.41. The molecule has 0 bridgehead atoms. The molecular formula is C10H16ClN3OS. The smallest absolute Gasteiger partial charge is 0.207 e. The lowest BCUT2D eigenvalue weighted by molar-refractivity contribution is 0.0967. The molecule has 1 aromatic heterocycles. The molecule has 0 atom stereocenters. The van der Waals surface area contributed by atoms with E-state index in [1.54, 1.807) is 7.11 Å². The number of piperidine rings is 1. The zero-order valence-electron chi connectivity index (χ0n) is 9.36. The maximum atomic E-state index is 5.75. The van der Waals surface area contributed by atoms with Crippen molar-refractivity contribution in [2.75, 3.05) is 26.8 Å². The second kappa shape index (κ2) is 5.91. The number of rotatable bonds is 4. The van der Waals surface area contributed by atoms with Crippen LogP contribution in [-0.2, 0) is 11.3 Å². The predicted octanol–water partition coefficient (Wildman–Crippen LogP) is 2.05. The molecule has 1 aliphatic rings. The van der Waals surface area contributed by atoms with E-state index >= 15 is 0 Å². The van der Waals surface area contributed by atoms with Gasteiger partial charge in [0, 0.05) is 13.7 Å². The molecule has 1 saturated heterocycles. The van der Waals surface area contributed by atoms with Gasteiger partial charge in [0.2, 0.25) is 4.47 Å². The third kappa shape index (κ3) is 3.38. The summed E-state index contributed by atoms with van der Waals surface area (Å²) in [5.41, 5.74) is 0. The highest BCUT2D eigenvalue weighted by Crippen LogP contribution is 2.21. The standard InChI is InChI=1S/C10H16ClN3OS/c1-15-7-8-2-4-14(5-3-8)6-9-12-13-10(11)16-9/h8H,2-7H2,1H3. The largest absolute Gasteiger partial charge is 0.384 e. The number of hydrogen-bond donors (Lipinski definition) is 0. The van der Waals surface area contributed by atoms with Crippen molar-refractivity contribution < 1.29 is 4.74 Å². The third-order valence-electron chi connectivity index (χ3n) is 2.91. The Bertz CT molecular complexity index is 326. The van der Waals surface area contributed by atoms with Gasteiger partial charge in [-0.2, -0.15) is 0 Å². The number of ether oxygens (including phenoxy) is 1. The Hall–Kier alpha value is -0.230. The maximum absolute atomic E-state index is 5.75. The normalized spacial score (nSPS) is 19.1. The minimum atomic E-state index is 0.532. The van der Waals surface area contributed by atoms with E-state index in [1.807, 2.05) is 0 Å². The van der Waals surface area contributed by atoms with E-state index in [0.29, 0.717) is 4.47 Å². The summed E-state index contributed by atoms with van der Waals surface area (Å²) in [5, 5.41) is 8.86. The van der Waals surface area contributed by atoms with Crippen molar-refractivity contribution in [2.24, 2.45) is 5.92 Å². The maximum Gasteiger partial charge on any atom is 0.207 e. The minimum absolute atomic E-state index is 0.532. The van der Waals surface area contributed by atoms with Crippen LogP contribution >= 0.6 is 22.9 Å². The van der Waals surface area contributed by atoms with Crippen LogP contribution in [0.2, 0.25) is 4.47 Å². The fourth-order valence-corrected chi connectivity index (χ4v) is 2.95. The van der Waals surface area contributed by atoms with Crippen molar-refractivity contribution >= 4 is 22.9 Å². The van der Waals surface area contributed by atoms with Crippen molar-refractivity contribution in [3.63, 3.8) is 0 Å². The van der Waals surface area contributed by atoms with E-state index in [1.165, 1.54) is 24.2 Å². The average Bonchev–Trinajstić information content (AvgIpc) is 2.67. The summed E-state index contributed by atoms with van der Waals surface area (Å²) in [6.45, 7) is 4.00. The summed E-state index contributed by atoms with van der Waals surface area (Å²) in [5.74, 6) is 0.722. The Morgan fingerprint density at radius 3 is 2.75 bits per heavy atom. The van der Waals surface area contributed by atoms with Gasteiger partial charge in [0.25, 0.3) is 0 Å². The first-order chi connectivity index (χ1) is 7.78. The lowest BCUT2D eigenvalue weighted by Gasteiger charge is -2.30. The molecule has 6 heteroatoms. The molecule has 1 aromatic rings. The highest BCUT2D eigenvalue weighted by molar-refractivity contribution is 7.15. The van der Waals surface area contributed by atoms with E-state index in [0.717, 1.165) is 37.2 Å². The molecule has 0 unspecified atom stereocenters. The molecule has 0 spiro atoms. The molecular weight excluding hydrogens is 246 g/mol. The lowest BCUT2D eigenvalue weighted by atomic mass is 9.98. The fraction of sp³-hybridized carbons (Fsp3) is 0.800.